The summed E-state index contributed by atoms with van der Waals surface area (Å²) in [4.78, 5) is 24.8. The third kappa shape index (κ3) is 5.26. The van der Waals surface area contributed by atoms with E-state index in [4.69, 9.17) is 4.74 Å². The van der Waals surface area contributed by atoms with Crippen LogP contribution in [0.4, 0.5) is 0 Å². The second-order valence-electron chi connectivity index (χ2n) is 4.42. The van der Waals surface area contributed by atoms with E-state index in [1.54, 1.807) is 11.0 Å². The Morgan fingerprint density at radius 1 is 1.15 bits per heavy atom. The van der Waals surface area contributed by atoms with Gasteiger partial charge in [-0.05, 0) is 32.4 Å². The Balaban J connectivity index is 2.44. The number of hydrogen-bond donors (Lipinski definition) is 0. The predicted octanol–water partition coefficient (Wildman–Crippen LogP) is 2.42. The van der Waals surface area contributed by atoms with Crippen LogP contribution in [-0.4, -0.2) is 36.5 Å². The zero-order valence-electron chi connectivity index (χ0n) is 12.3. The number of aryl methyl sites for hydroxylation is 1. The fourth-order valence-electron chi connectivity index (χ4n) is 1.69. The van der Waals surface area contributed by atoms with Crippen molar-refractivity contribution in [1.29, 1.82) is 0 Å². The number of hydrogen-bond acceptors (Lipinski definition) is 3. The van der Waals surface area contributed by atoms with E-state index in [2.05, 4.69) is 0 Å². The molecule has 0 N–H and O–H groups in total. The standard InChI is InChI=1S/C16H21NO3/c1-4-17(5-2)15(18)12-20-16(19)11-10-14-8-6-13(3)7-9-14/h6-11H,4-5,12H2,1-3H3/b11-10+. The minimum atomic E-state index is -0.508. The van der Waals surface area contributed by atoms with Crippen LogP contribution in [-0.2, 0) is 14.3 Å². The normalized spacial score (nSPS) is 10.6. The molecule has 0 spiro atoms. The average molecular weight is 275 g/mol. The highest BCUT2D eigenvalue weighted by Gasteiger charge is 2.10. The first-order valence-corrected chi connectivity index (χ1v) is 6.76. The third-order valence-electron chi connectivity index (χ3n) is 2.94. The number of amides is 1. The van der Waals surface area contributed by atoms with Gasteiger partial charge in [0.25, 0.3) is 5.91 Å². The average Bonchev–Trinajstić information content (AvgIpc) is 2.45. The van der Waals surface area contributed by atoms with E-state index in [9.17, 15) is 9.59 Å². The first kappa shape index (κ1) is 16.0. The summed E-state index contributed by atoms with van der Waals surface area (Å²) < 4.78 is 4.92. The highest BCUT2D eigenvalue weighted by atomic mass is 16.5. The molecule has 0 aliphatic rings. The van der Waals surface area contributed by atoms with Crippen LogP contribution in [0.15, 0.2) is 30.3 Å². The number of likely N-dealkylation sites (N-methyl/N-ethyl adjacent to an activating group) is 1. The van der Waals surface area contributed by atoms with Crippen molar-refractivity contribution in [1.82, 2.24) is 4.90 Å². The number of rotatable bonds is 6. The second-order valence-corrected chi connectivity index (χ2v) is 4.42. The first-order valence-electron chi connectivity index (χ1n) is 6.76. The van der Waals surface area contributed by atoms with Gasteiger partial charge in [0.2, 0.25) is 0 Å². The molecule has 0 saturated heterocycles. The molecule has 1 amide bonds. The van der Waals surface area contributed by atoms with Crippen LogP contribution >= 0.6 is 0 Å². The fourth-order valence-corrected chi connectivity index (χ4v) is 1.69. The first-order chi connectivity index (χ1) is 9.56. The van der Waals surface area contributed by atoms with Crippen LogP contribution in [0.3, 0.4) is 0 Å². The second kappa shape index (κ2) is 8.15. The summed E-state index contributed by atoms with van der Waals surface area (Å²) in [6, 6.07) is 7.77. The molecular formula is C16H21NO3. The van der Waals surface area contributed by atoms with Gasteiger partial charge in [0.15, 0.2) is 6.61 Å². The van der Waals surface area contributed by atoms with E-state index in [1.807, 2.05) is 45.0 Å². The van der Waals surface area contributed by atoms with Gasteiger partial charge in [0, 0.05) is 19.2 Å². The van der Waals surface area contributed by atoms with E-state index in [-0.39, 0.29) is 12.5 Å². The zero-order chi connectivity index (χ0) is 15.0. The van der Waals surface area contributed by atoms with Gasteiger partial charge < -0.3 is 9.64 Å². The summed E-state index contributed by atoms with van der Waals surface area (Å²) in [5.41, 5.74) is 2.08. The summed E-state index contributed by atoms with van der Waals surface area (Å²) in [5.74, 6) is -0.682. The lowest BCUT2D eigenvalue weighted by molar-refractivity contribution is -0.147. The maximum Gasteiger partial charge on any atom is 0.331 e. The molecule has 0 aliphatic heterocycles. The molecule has 0 aromatic heterocycles. The molecule has 1 aromatic carbocycles. The van der Waals surface area contributed by atoms with Gasteiger partial charge in [0.1, 0.15) is 0 Å². The van der Waals surface area contributed by atoms with Crippen LogP contribution in [0.5, 0.6) is 0 Å². The Morgan fingerprint density at radius 2 is 1.75 bits per heavy atom. The monoisotopic (exact) mass is 275 g/mol. The molecule has 20 heavy (non-hydrogen) atoms. The smallest absolute Gasteiger partial charge is 0.331 e. The number of carbonyl (C=O) groups excluding carboxylic acids is 2. The van der Waals surface area contributed by atoms with Crippen molar-refractivity contribution in [2.45, 2.75) is 20.8 Å². The summed E-state index contributed by atoms with van der Waals surface area (Å²) in [7, 11) is 0. The molecule has 0 atom stereocenters. The van der Waals surface area contributed by atoms with Gasteiger partial charge in [-0.25, -0.2) is 4.79 Å². The van der Waals surface area contributed by atoms with E-state index in [0.717, 1.165) is 11.1 Å². The van der Waals surface area contributed by atoms with Gasteiger partial charge in [0.05, 0.1) is 0 Å². The molecule has 0 aliphatic carbocycles. The number of nitrogens with zero attached hydrogens (tertiary/aromatic N) is 1. The lowest BCUT2D eigenvalue weighted by atomic mass is 10.1. The molecular weight excluding hydrogens is 254 g/mol. The molecule has 0 unspecified atom stereocenters. The Kier molecular flexibility index (Phi) is 6.50. The minimum Gasteiger partial charge on any atom is -0.452 e. The minimum absolute atomic E-state index is 0.174. The van der Waals surface area contributed by atoms with Crippen molar-refractivity contribution in [3.05, 3.63) is 41.5 Å². The van der Waals surface area contributed by atoms with Crippen LogP contribution in [0.2, 0.25) is 0 Å². The molecule has 0 heterocycles. The SMILES string of the molecule is CCN(CC)C(=O)COC(=O)/C=C/c1ccc(C)cc1. The predicted molar refractivity (Wildman–Crippen MR) is 79.1 cm³/mol. The highest BCUT2D eigenvalue weighted by Crippen LogP contribution is 2.05. The number of esters is 1. The quantitative estimate of drug-likeness (QED) is 0.591. The molecule has 0 fully saturated rings. The number of benzene rings is 1. The summed E-state index contributed by atoms with van der Waals surface area (Å²) in [6.45, 7) is 6.80. The number of carbonyl (C=O) groups is 2. The van der Waals surface area contributed by atoms with Gasteiger partial charge in [-0.15, -0.1) is 0 Å². The molecule has 0 bridgehead atoms. The Morgan fingerprint density at radius 3 is 2.30 bits per heavy atom. The van der Waals surface area contributed by atoms with Gasteiger partial charge in [-0.3, -0.25) is 4.79 Å². The van der Waals surface area contributed by atoms with Crippen molar-refractivity contribution in [2.75, 3.05) is 19.7 Å². The van der Waals surface area contributed by atoms with Crippen molar-refractivity contribution in [2.24, 2.45) is 0 Å². The Labute approximate surface area is 120 Å². The van der Waals surface area contributed by atoms with Crippen molar-refractivity contribution < 1.29 is 14.3 Å². The molecule has 0 saturated carbocycles. The maximum atomic E-state index is 11.6. The molecule has 1 aromatic rings. The molecule has 0 radical (unpaired) electrons. The zero-order valence-corrected chi connectivity index (χ0v) is 12.3. The van der Waals surface area contributed by atoms with E-state index in [1.165, 1.54) is 6.08 Å². The van der Waals surface area contributed by atoms with Crippen molar-refractivity contribution in [3.8, 4) is 0 Å². The van der Waals surface area contributed by atoms with Crippen molar-refractivity contribution >= 4 is 18.0 Å². The highest BCUT2D eigenvalue weighted by molar-refractivity contribution is 5.89. The molecule has 108 valence electrons. The third-order valence-corrected chi connectivity index (χ3v) is 2.94. The van der Waals surface area contributed by atoms with Gasteiger partial charge in [-0.1, -0.05) is 29.8 Å². The van der Waals surface area contributed by atoms with Gasteiger partial charge >= 0.3 is 5.97 Å². The molecule has 1 rings (SSSR count). The Bertz CT molecular complexity index is 473. The lowest BCUT2D eigenvalue weighted by Gasteiger charge is -2.17. The summed E-state index contributed by atoms with van der Waals surface area (Å²) >= 11 is 0. The van der Waals surface area contributed by atoms with E-state index < -0.39 is 5.97 Å². The van der Waals surface area contributed by atoms with Crippen LogP contribution in [0, 0.1) is 6.92 Å². The number of ether oxygens (including phenoxy) is 1. The van der Waals surface area contributed by atoms with E-state index in [0.29, 0.717) is 13.1 Å². The molecule has 4 nitrogen and oxygen atoms in total. The van der Waals surface area contributed by atoms with Crippen LogP contribution in [0.25, 0.3) is 6.08 Å². The topological polar surface area (TPSA) is 46.6 Å². The fraction of sp³-hybridized carbons (Fsp3) is 0.375. The van der Waals surface area contributed by atoms with Gasteiger partial charge in [-0.2, -0.15) is 0 Å². The van der Waals surface area contributed by atoms with E-state index >= 15 is 0 Å². The molecule has 4 heteroatoms. The van der Waals surface area contributed by atoms with Crippen molar-refractivity contribution in [3.63, 3.8) is 0 Å². The summed E-state index contributed by atoms with van der Waals surface area (Å²) in [6.07, 6.45) is 3.00. The van der Waals surface area contributed by atoms with Crippen LogP contribution < -0.4 is 0 Å². The van der Waals surface area contributed by atoms with Crippen LogP contribution in [0.1, 0.15) is 25.0 Å². The largest absolute Gasteiger partial charge is 0.452 e. The maximum absolute atomic E-state index is 11.6. The Hall–Kier alpha value is -2.10. The lowest BCUT2D eigenvalue weighted by Crippen LogP contribution is -2.34. The summed E-state index contributed by atoms with van der Waals surface area (Å²) in [5, 5.41) is 0.